The van der Waals surface area contributed by atoms with Crippen LogP contribution in [0.2, 0.25) is 0 Å². The van der Waals surface area contributed by atoms with Gasteiger partial charge in [-0.2, -0.15) is 0 Å². The molecule has 166 valence electrons. The number of aromatic hydroxyl groups is 1. The number of aromatic nitrogens is 1. The number of hydrogen-bond acceptors (Lipinski definition) is 10. The zero-order chi connectivity index (χ0) is 23.7. The first-order chi connectivity index (χ1) is 14.1. The smallest absolute Gasteiger partial charge is 0.744 e. The van der Waals surface area contributed by atoms with E-state index in [1.807, 2.05) is 0 Å². The van der Waals surface area contributed by atoms with E-state index in [1.54, 1.807) is 20.8 Å². The van der Waals surface area contributed by atoms with Crippen molar-refractivity contribution in [2.75, 3.05) is 0 Å². The summed E-state index contributed by atoms with van der Waals surface area (Å²) in [5.41, 5.74) is -3.43. The average molecular weight is 496 g/mol. The molecule has 0 saturated heterocycles. The molecule has 1 heterocycles. The number of pyridine rings is 1. The Morgan fingerprint density at radius 1 is 1.15 bits per heavy atom. The number of carboxylic acid groups (broad SMARTS) is 1. The molecule has 0 saturated carbocycles. The summed E-state index contributed by atoms with van der Waals surface area (Å²) in [7, 11) is -4.93. The number of benzene rings is 1. The molecule has 0 aliphatic rings. The predicted octanol–water partition coefficient (Wildman–Crippen LogP) is -5.39. The molecule has 1 aromatic heterocycles. The summed E-state index contributed by atoms with van der Waals surface area (Å²) in [6.45, 7) is 6.44. The van der Waals surface area contributed by atoms with E-state index in [-0.39, 0.29) is 70.2 Å². The Morgan fingerprint density at radius 3 is 2.21 bits per heavy atom. The summed E-state index contributed by atoms with van der Waals surface area (Å²) < 4.78 is 33.3. The molecule has 0 bridgehead atoms. The van der Waals surface area contributed by atoms with Crippen LogP contribution in [0, 0.1) is 6.92 Å². The molecule has 12 nitrogen and oxygen atoms in total. The van der Waals surface area contributed by atoms with E-state index in [0.717, 1.165) is 12.1 Å². The molecule has 0 spiro atoms. The van der Waals surface area contributed by atoms with E-state index in [2.05, 4.69) is 20.5 Å². The molecule has 0 radical (unpaired) electrons. The van der Waals surface area contributed by atoms with Crippen LogP contribution in [0.25, 0.3) is 0 Å². The maximum atomic E-state index is 12.5. The third-order valence-electron chi connectivity index (χ3n) is 3.86. The molecule has 3 N–H and O–H groups in total. The Balaban J connectivity index is 0.00000512. The topological polar surface area (TPSA) is 204 Å². The second-order valence-electron chi connectivity index (χ2n) is 7.48. The Morgan fingerprint density at radius 2 is 1.73 bits per heavy atom. The maximum Gasteiger partial charge on any atom is 1.00 e. The molecule has 2 aromatic rings. The standard InChI is InChI=1S/C18H20N4O8S.2Na/c1-8-12(15(24)20-18(2,3)4)14(23)19-16(25)13(8)22-21-11-6-5-9(31(28,29)30)7-10(11)17(26)27;;/h5-7H,1-4H3,(H,20,24)(H,26,27)(H2,19,23,25)(H,28,29,30);;/q;2*+1/p-2. The monoisotopic (exact) mass is 496 g/mol. The quantitative estimate of drug-likeness (QED) is 0.206. The summed E-state index contributed by atoms with van der Waals surface area (Å²) in [4.78, 5) is 37.2. The largest absolute Gasteiger partial charge is 1.00 e. The average Bonchev–Trinajstić information content (AvgIpc) is 2.58. The van der Waals surface area contributed by atoms with Gasteiger partial charge < -0.3 is 24.9 Å². The van der Waals surface area contributed by atoms with Crippen molar-refractivity contribution < 1.29 is 91.9 Å². The number of carbonyl (C=O) groups excluding carboxylic acids is 2. The minimum atomic E-state index is -4.93. The van der Waals surface area contributed by atoms with E-state index < -0.39 is 60.8 Å². The summed E-state index contributed by atoms with van der Waals surface area (Å²) in [6.07, 6.45) is 0. The first-order valence-electron chi connectivity index (χ1n) is 8.63. The van der Waals surface area contributed by atoms with Crippen molar-refractivity contribution >= 4 is 33.4 Å². The van der Waals surface area contributed by atoms with Crippen molar-refractivity contribution in [3.8, 4) is 5.88 Å². The minimum Gasteiger partial charge on any atom is -0.744 e. The Kier molecular flexibility index (Phi) is 11.1. The number of aromatic carboxylic acids is 1. The zero-order valence-electron chi connectivity index (χ0n) is 18.8. The molecule has 1 amide bonds. The van der Waals surface area contributed by atoms with Gasteiger partial charge in [0.05, 0.1) is 16.6 Å². The number of azo groups is 1. The summed E-state index contributed by atoms with van der Waals surface area (Å²) >= 11 is 0. The minimum absolute atomic E-state index is 0. The summed E-state index contributed by atoms with van der Waals surface area (Å²) in [5, 5.41) is 31.2. The van der Waals surface area contributed by atoms with Crippen molar-refractivity contribution in [1.82, 2.24) is 10.3 Å². The third-order valence-corrected chi connectivity index (χ3v) is 4.70. The van der Waals surface area contributed by atoms with Gasteiger partial charge >= 0.3 is 59.1 Å². The van der Waals surface area contributed by atoms with Gasteiger partial charge in [-0.15, -0.1) is 10.2 Å². The molecule has 2 rings (SSSR count). The number of carbonyl (C=O) groups is 2. The van der Waals surface area contributed by atoms with Gasteiger partial charge in [0.2, 0.25) is 5.88 Å². The third kappa shape index (κ3) is 8.00. The van der Waals surface area contributed by atoms with Crippen molar-refractivity contribution in [2.45, 2.75) is 38.1 Å². The SMILES string of the molecule is Cc1c(C(=O)NC(C)(C)C)c(O)[nH]c(=O)c1N=Nc1ccc(S(=O)(=O)[O-])cc1C(=O)[O-].[Na+].[Na+]. The predicted molar refractivity (Wildman–Crippen MR) is 104 cm³/mol. The molecule has 0 aliphatic carbocycles. The van der Waals surface area contributed by atoms with Crippen LogP contribution < -0.4 is 75.1 Å². The van der Waals surface area contributed by atoms with Gasteiger partial charge in [0.25, 0.3) is 11.5 Å². The number of H-pyrrole nitrogens is 1. The number of nitrogens with zero attached hydrogens (tertiary/aromatic N) is 2. The van der Waals surface area contributed by atoms with Gasteiger partial charge in [0.1, 0.15) is 15.7 Å². The number of carboxylic acids is 1. The van der Waals surface area contributed by atoms with Crippen LogP contribution in [-0.2, 0) is 10.1 Å². The van der Waals surface area contributed by atoms with Crippen LogP contribution in [0.4, 0.5) is 11.4 Å². The first-order valence-corrected chi connectivity index (χ1v) is 10.0. The van der Waals surface area contributed by atoms with Crippen molar-refractivity contribution in [3.63, 3.8) is 0 Å². The van der Waals surface area contributed by atoms with Crippen LogP contribution in [0.15, 0.2) is 38.1 Å². The van der Waals surface area contributed by atoms with Crippen LogP contribution in [0.3, 0.4) is 0 Å². The number of amides is 1. The summed E-state index contributed by atoms with van der Waals surface area (Å²) in [5.74, 6) is -3.22. The fourth-order valence-electron chi connectivity index (χ4n) is 2.52. The normalized spacial score (nSPS) is 11.4. The molecule has 0 fully saturated rings. The van der Waals surface area contributed by atoms with E-state index >= 15 is 0 Å². The van der Waals surface area contributed by atoms with Crippen molar-refractivity contribution in [3.05, 3.63) is 45.2 Å². The molecule has 1 aromatic carbocycles. The van der Waals surface area contributed by atoms with Gasteiger partial charge in [-0.1, -0.05) is 0 Å². The van der Waals surface area contributed by atoms with Gasteiger partial charge in [-0.05, 0) is 45.9 Å². The van der Waals surface area contributed by atoms with Crippen LogP contribution in [-0.4, -0.2) is 40.5 Å². The molecule has 0 unspecified atom stereocenters. The van der Waals surface area contributed by atoms with E-state index in [0.29, 0.717) is 6.07 Å². The fraction of sp³-hybridized carbons (Fsp3) is 0.278. The molecular weight excluding hydrogens is 478 g/mol. The van der Waals surface area contributed by atoms with Crippen molar-refractivity contribution in [2.24, 2.45) is 10.2 Å². The Hall–Kier alpha value is -1.58. The number of nitrogens with one attached hydrogen (secondary N) is 2. The van der Waals surface area contributed by atoms with E-state index in [9.17, 15) is 37.6 Å². The molecule has 15 heteroatoms. The van der Waals surface area contributed by atoms with E-state index in [1.165, 1.54) is 6.92 Å². The zero-order valence-corrected chi connectivity index (χ0v) is 23.7. The van der Waals surface area contributed by atoms with E-state index in [4.69, 9.17) is 0 Å². The Bertz CT molecular complexity index is 1270. The van der Waals surface area contributed by atoms with Crippen molar-refractivity contribution in [1.29, 1.82) is 0 Å². The van der Waals surface area contributed by atoms with Crippen LogP contribution in [0.5, 0.6) is 5.88 Å². The van der Waals surface area contributed by atoms with Gasteiger partial charge in [-0.25, -0.2) is 8.42 Å². The second-order valence-corrected chi connectivity index (χ2v) is 8.86. The van der Waals surface area contributed by atoms with Crippen LogP contribution >= 0.6 is 0 Å². The summed E-state index contributed by atoms with van der Waals surface area (Å²) in [6, 6.07) is 2.28. The molecule has 33 heavy (non-hydrogen) atoms. The number of hydrogen-bond donors (Lipinski definition) is 3. The molecular formula is C18H18N4Na2O8S. The van der Waals surface area contributed by atoms with Gasteiger partial charge in [0, 0.05) is 16.7 Å². The maximum absolute atomic E-state index is 12.5. The number of aromatic amines is 1. The number of rotatable bonds is 5. The van der Waals surface area contributed by atoms with Gasteiger partial charge in [-0.3, -0.25) is 14.6 Å². The molecule has 0 atom stereocenters. The first kappa shape index (κ1) is 31.4. The fourth-order valence-corrected chi connectivity index (χ4v) is 3.02. The van der Waals surface area contributed by atoms with Gasteiger partial charge in [0.15, 0.2) is 5.69 Å². The Labute approximate surface area is 233 Å². The van der Waals surface area contributed by atoms with Crippen LogP contribution in [0.1, 0.15) is 47.1 Å². The molecule has 0 aliphatic heterocycles. The second kappa shape index (κ2) is 11.7.